The topological polar surface area (TPSA) is 45.2 Å². The van der Waals surface area contributed by atoms with E-state index in [0.717, 1.165) is 47.9 Å². The Hall–Kier alpha value is -0.790. The van der Waals surface area contributed by atoms with Gasteiger partial charge in [-0.1, -0.05) is 0 Å². The van der Waals surface area contributed by atoms with Crippen LogP contribution >= 0.6 is 47.9 Å². The van der Waals surface area contributed by atoms with Crippen LogP contribution in [0.15, 0.2) is 34.5 Å². The lowest BCUT2D eigenvalue weighted by molar-refractivity contribution is 0.0707. The van der Waals surface area contributed by atoms with Gasteiger partial charge in [-0.25, -0.2) is 4.98 Å². The van der Waals surface area contributed by atoms with E-state index in [2.05, 4.69) is 15.7 Å². The third kappa shape index (κ3) is 6.13. The van der Waals surface area contributed by atoms with Gasteiger partial charge in [0, 0.05) is 40.7 Å². The van der Waals surface area contributed by atoms with Gasteiger partial charge in [-0.3, -0.25) is 4.79 Å². The second-order valence-electron chi connectivity index (χ2n) is 6.03. The Balaban J connectivity index is 0.00000169. The van der Waals surface area contributed by atoms with Crippen molar-refractivity contribution in [2.24, 2.45) is 0 Å². The predicted octanol–water partition coefficient (Wildman–Crippen LogP) is 4.41. The molecule has 0 saturated carbocycles. The van der Waals surface area contributed by atoms with Gasteiger partial charge in [0.1, 0.15) is 0 Å². The van der Waals surface area contributed by atoms with Crippen LogP contribution < -0.4 is 5.32 Å². The number of aromatic nitrogens is 1. The molecule has 3 rings (SSSR count). The summed E-state index contributed by atoms with van der Waals surface area (Å²) in [7, 11) is 1.99. The Bertz CT molecular complexity index is 686. The molecule has 2 aromatic rings. The quantitative estimate of drug-likeness (QED) is 0.708. The Morgan fingerprint density at radius 1 is 1.27 bits per heavy atom. The van der Waals surface area contributed by atoms with Gasteiger partial charge in [0.2, 0.25) is 0 Å². The molecule has 1 amide bonds. The Labute approximate surface area is 176 Å². The van der Waals surface area contributed by atoms with Crippen LogP contribution in [0.2, 0.25) is 0 Å². The monoisotopic (exact) mass is 433 g/mol. The summed E-state index contributed by atoms with van der Waals surface area (Å²) in [6.45, 7) is 3.70. The van der Waals surface area contributed by atoms with Crippen molar-refractivity contribution in [1.82, 2.24) is 15.2 Å². The number of likely N-dealkylation sites (tertiary alicyclic amines) is 1. The molecular weight excluding hydrogens is 409 g/mol. The number of carbonyl (C=O) groups excluding carboxylic acids is 1. The van der Waals surface area contributed by atoms with Crippen molar-refractivity contribution in [2.45, 2.75) is 36.5 Å². The SMILES string of the molecule is CNC1CCN(C(=O)c2ccc(SCc3csc(C)n3)cc2)CC1.Cl.Cl. The largest absolute Gasteiger partial charge is 0.339 e. The van der Waals surface area contributed by atoms with E-state index in [1.54, 1.807) is 23.1 Å². The molecule has 0 atom stereocenters. The molecule has 2 heterocycles. The van der Waals surface area contributed by atoms with Crippen LogP contribution in [0.3, 0.4) is 0 Å². The number of halogens is 2. The lowest BCUT2D eigenvalue weighted by Crippen LogP contribution is -2.43. The molecule has 1 aromatic heterocycles. The van der Waals surface area contributed by atoms with Crippen LogP contribution in [-0.2, 0) is 5.75 Å². The summed E-state index contributed by atoms with van der Waals surface area (Å²) in [5.74, 6) is 1.02. The third-order valence-corrected chi connectivity index (χ3v) is 6.21. The highest BCUT2D eigenvalue weighted by atomic mass is 35.5. The minimum Gasteiger partial charge on any atom is -0.339 e. The van der Waals surface area contributed by atoms with Crippen LogP contribution in [0.4, 0.5) is 0 Å². The maximum atomic E-state index is 12.6. The number of thioether (sulfide) groups is 1. The van der Waals surface area contributed by atoms with Gasteiger partial charge in [0.25, 0.3) is 5.91 Å². The van der Waals surface area contributed by atoms with Crippen molar-refractivity contribution in [3.63, 3.8) is 0 Å². The standard InChI is InChI=1S/C18H23N3OS2.2ClH/c1-13-20-16(11-23-13)12-24-17-5-3-14(4-6-17)18(22)21-9-7-15(19-2)8-10-21;;/h3-6,11,15,19H,7-10,12H2,1-2H3;2*1H. The number of carbonyl (C=O) groups is 1. The average molecular weight is 434 g/mol. The second-order valence-corrected chi connectivity index (χ2v) is 8.14. The molecule has 26 heavy (non-hydrogen) atoms. The van der Waals surface area contributed by atoms with E-state index in [1.807, 2.05) is 43.1 Å². The maximum Gasteiger partial charge on any atom is 0.253 e. The summed E-state index contributed by atoms with van der Waals surface area (Å²) in [5.41, 5.74) is 1.90. The smallest absolute Gasteiger partial charge is 0.253 e. The van der Waals surface area contributed by atoms with Crippen molar-refractivity contribution >= 4 is 53.8 Å². The molecule has 0 spiro atoms. The molecule has 1 fully saturated rings. The normalized spacial score (nSPS) is 14.5. The van der Waals surface area contributed by atoms with Crippen LogP contribution in [0.5, 0.6) is 0 Å². The van der Waals surface area contributed by atoms with Gasteiger partial charge in [-0.05, 0) is 51.1 Å². The Kier molecular flexibility index (Phi) is 9.97. The van der Waals surface area contributed by atoms with Gasteiger partial charge >= 0.3 is 0 Å². The number of hydrogen-bond acceptors (Lipinski definition) is 5. The van der Waals surface area contributed by atoms with Crippen LogP contribution in [0.25, 0.3) is 0 Å². The number of aryl methyl sites for hydroxylation is 1. The minimum absolute atomic E-state index is 0. The Morgan fingerprint density at radius 2 is 1.92 bits per heavy atom. The molecule has 1 saturated heterocycles. The average Bonchev–Trinajstić information content (AvgIpc) is 3.05. The first-order chi connectivity index (χ1) is 11.7. The zero-order valence-corrected chi connectivity index (χ0v) is 18.2. The van der Waals surface area contributed by atoms with E-state index in [4.69, 9.17) is 0 Å². The number of thiazole rings is 1. The fourth-order valence-electron chi connectivity index (χ4n) is 2.88. The summed E-state index contributed by atoms with van der Waals surface area (Å²) in [6.07, 6.45) is 2.06. The second kappa shape index (κ2) is 11.1. The highest BCUT2D eigenvalue weighted by molar-refractivity contribution is 7.98. The molecule has 1 aromatic carbocycles. The predicted molar refractivity (Wildman–Crippen MR) is 115 cm³/mol. The number of amides is 1. The molecule has 8 heteroatoms. The molecule has 144 valence electrons. The highest BCUT2D eigenvalue weighted by Crippen LogP contribution is 2.24. The molecule has 1 N–H and O–H groups in total. The van der Waals surface area contributed by atoms with Crippen molar-refractivity contribution in [3.8, 4) is 0 Å². The van der Waals surface area contributed by atoms with Crippen LogP contribution in [0.1, 0.15) is 33.9 Å². The fourth-order valence-corrected chi connectivity index (χ4v) is 4.39. The first-order valence-electron chi connectivity index (χ1n) is 8.26. The molecule has 0 bridgehead atoms. The van der Waals surface area contributed by atoms with E-state index < -0.39 is 0 Å². The third-order valence-electron chi connectivity index (χ3n) is 4.34. The van der Waals surface area contributed by atoms with Crippen molar-refractivity contribution in [3.05, 3.63) is 45.9 Å². The minimum atomic E-state index is 0. The zero-order valence-electron chi connectivity index (χ0n) is 14.9. The first kappa shape index (κ1) is 23.2. The van der Waals surface area contributed by atoms with E-state index in [0.29, 0.717) is 6.04 Å². The number of benzene rings is 1. The van der Waals surface area contributed by atoms with E-state index in [-0.39, 0.29) is 30.7 Å². The summed E-state index contributed by atoms with van der Waals surface area (Å²) in [6, 6.07) is 8.51. The first-order valence-corrected chi connectivity index (χ1v) is 10.1. The fraction of sp³-hybridized carbons (Fsp3) is 0.444. The number of piperidine rings is 1. The molecule has 4 nitrogen and oxygen atoms in total. The molecule has 0 radical (unpaired) electrons. The van der Waals surface area contributed by atoms with Gasteiger partial charge in [-0.2, -0.15) is 0 Å². The van der Waals surface area contributed by atoms with Crippen molar-refractivity contribution in [1.29, 1.82) is 0 Å². The van der Waals surface area contributed by atoms with E-state index in [1.165, 1.54) is 4.90 Å². The maximum absolute atomic E-state index is 12.6. The Morgan fingerprint density at radius 3 is 2.46 bits per heavy atom. The molecule has 1 aliphatic rings. The summed E-state index contributed by atoms with van der Waals surface area (Å²) in [4.78, 5) is 20.2. The molecule has 0 unspecified atom stereocenters. The van der Waals surface area contributed by atoms with Gasteiger partial charge in [0.05, 0.1) is 10.7 Å². The van der Waals surface area contributed by atoms with Crippen LogP contribution in [-0.4, -0.2) is 42.0 Å². The lowest BCUT2D eigenvalue weighted by atomic mass is 10.0. The van der Waals surface area contributed by atoms with Crippen LogP contribution in [0, 0.1) is 6.92 Å². The number of nitrogens with one attached hydrogen (secondary N) is 1. The zero-order chi connectivity index (χ0) is 16.9. The number of rotatable bonds is 5. The summed E-state index contributed by atoms with van der Waals surface area (Å²) < 4.78 is 0. The van der Waals surface area contributed by atoms with E-state index >= 15 is 0 Å². The summed E-state index contributed by atoms with van der Waals surface area (Å²) in [5, 5.41) is 6.51. The highest BCUT2D eigenvalue weighted by Gasteiger charge is 2.22. The van der Waals surface area contributed by atoms with Gasteiger partial charge in [0.15, 0.2) is 0 Å². The lowest BCUT2D eigenvalue weighted by Gasteiger charge is -2.31. The van der Waals surface area contributed by atoms with Gasteiger partial charge < -0.3 is 10.2 Å². The molecule has 0 aliphatic carbocycles. The van der Waals surface area contributed by atoms with Gasteiger partial charge in [-0.15, -0.1) is 47.9 Å². The summed E-state index contributed by atoms with van der Waals surface area (Å²) >= 11 is 3.44. The molecular formula is C18H25Cl2N3OS2. The number of nitrogens with zero attached hydrogens (tertiary/aromatic N) is 2. The van der Waals surface area contributed by atoms with E-state index in [9.17, 15) is 4.79 Å². The van der Waals surface area contributed by atoms with Crippen molar-refractivity contribution < 1.29 is 4.79 Å². The van der Waals surface area contributed by atoms with Crippen molar-refractivity contribution in [2.75, 3.05) is 20.1 Å². The molecule has 1 aliphatic heterocycles. The number of hydrogen-bond donors (Lipinski definition) is 1.